The van der Waals surface area contributed by atoms with Crippen molar-refractivity contribution in [1.29, 1.82) is 0 Å². The summed E-state index contributed by atoms with van der Waals surface area (Å²) in [6.45, 7) is 1.86. The Balaban J connectivity index is 2.47. The molecule has 2 rings (SSSR count). The van der Waals surface area contributed by atoms with Crippen LogP contribution in [0.2, 0.25) is 0 Å². The third-order valence-electron chi connectivity index (χ3n) is 2.51. The molecule has 1 aliphatic carbocycles. The predicted octanol–water partition coefficient (Wildman–Crippen LogP) is 0.681. The molecule has 1 unspecified atom stereocenters. The first-order valence-corrected chi connectivity index (χ1v) is 4.15. The first-order valence-electron chi connectivity index (χ1n) is 4.15. The molecule has 0 aromatic carbocycles. The van der Waals surface area contributed by atoms with Gasteiger partial charge in [0.1, 0.15) is 11.5 Å². The van der Waals surface area contributed by atoms with Crippen LogP contribution >= 0.6 is 0 Å². The minimum Gasteiger partial charge on any atom is -0.464 e. The van der Waals surface area contributed by atoms with Crippen molar-refractivity contribution in [1.82, 2.24) is 0 Å². The molecule has 0 aliphatic heterocycles. The van der Waals surface area contributed by atoms with Crippen LogP contribution in [0, 0.1) is 6.92 Å². The van der Waals surface area contributed by atoms with Gasteiger partial charge in [-0.15, -0.1) is 0 Å². The minimum absolute atomic E-state index is 0.0348. The Kier molecular flexibility index (Phi) is 1.53. The van der Waals surface area contributed by atoms with Crippen molar-refractivity contribution in [2.45, 2.75) is 25.3 Å². The minimum atomic E-state index is -0.621. The maximum absolute atomic E-state index is 9.10. The van der Waals surface area contributed by atoms with Gasteiger partial charge in [0.05, 0.1) is 12.1 Å². The molecule has 0 saturated heterocycles. The standard InChI is InChI=1S/C9H13NO2/c1-6-4-7-2-3-9(10,5-11)8(7)12-6/h4,11H,2-3,5,10H2,1H3. The summed E-state index contributed by atoms with van der Waals surface area (Å²) in [4.78, 5) is 0. The van der Waals surface area contributed by atoms with Crippen LogP contribution in [0.5, 0.6) is 0 Å². The molecule has 3 N–H and O–H groups in total. The molecular formula is C9H13NO2. The van der Waals surface area contributed by atoms with E-state index in [1.165, 1.54) is 0 Å². The van der Waals surface area contributed by atoms with Crippen LogP contribution in [0.25, 0.3) is 0 Å². The summed E-state index contributed by atoms with van der Waals surface area (Å²) in [5.41, 5.74) is 6.47. The van der Waals surface area contributed by atoms with Crippen molar-refractivity contribution in [2.75, 3.05) is 6.61 Å². The quantitative estimate of drug-likeness (QED) is 0.646. The summed E-state index contributed by atoms with van der Waals surface area (Å²) in [5.74, 6) is 1.66. The van der Waals surface area contributed by atoms with Gasteiger partial charge in [-0.25, -0.2) is 0 Å². The average molecular weight is 167 g/mol. The number of aliphatic hydroxyl groups is 1. The molecule has 0 saturated carbocycles. The Morgan fingerprint density at radius 2 is 2.50 bits per heavy atom. The van der Waals surface area contributed by atoms with Crippen LogP contribution in [-0.4, -0.2) is 11.7 Å². The molecule has 12 heavy (non-hydrogen) atoms. The molecular weight excluding hydrogens is 154 g/mol. The molecule has 0 bridgehead atoms. The molecule has 1 aromatic heterocycles. The number of hydrogen-bond donors (Lipinski definition) is 2. The number of fused-ring (bicyclic) bond motifs is 1. The van der Waals surface area contributed by atoms with Gasteiger partial charge < -0.3 is 15.3 Å². The molecule has 0 spiro atoms. The Morgan fingerprint density at radius 1 is 1.75 bits per heavy atom. The zero-order valence-electron chi connectivity index (χ0n) is 7.13. The number of rotatable bonds is 1. The van der Waals surface area contributed by atoms with E-state index in [-0.39, 0.29) is 6.61 Å². The lowest BCUT2D eigenvalue weighted by Crippen LogP contribution is -2.37. The van der Waals surface area contributed by atoms with Gasteiger partial charge in [-0.3, -0.25) is 0 Å². The van der Waals surface area contributed by atoms with E-state index in [1.54, 1.807) is 0 Å². The number of hydrogen-bond acceptors (Lipinski definition) is 3. The van der Waals surface area contributed by atoms with Crippen LogP contribution < -0.4 is 5.73 Å². The van der Waals surface area contributed by atoms with Crippen molar-refractivity contribution in [3.05, 3.63) is 23.2 Å². The highest BCUT2D eigenvalue weighted by molar-refractivity contribution is 5.32. The van der Waals surface area contributed by atoms with Gasteiger partial charge in [-0.05, 0) is 31.4 Å². The lowest BCUT2D eigenvalue weighted by Gasteiger charge is -2.19. The van der Waals surface area contributed by atoms with Gasteiger partial charge in [0.15, 0.2) is 0 Å². The third kappa shape index (κ3) is 0.901. The van der Waals surface area contributed by atoms with E-state index < -0.39 is 5.54 Å². The van der Waals surface area contributed by atoms with E-state index in [0.29, 0.717) is 0 Å². The molecule has 1 aromatic rings. The third-order valence-corrected chi connectivity index (χ3v) is 2.51. The smallest absolute Gasteiger partial charge is 0.129 e. The van der Waals surface area contributed by atoms with Crippen molar-refractivity contribution < 1.29 is 9.52 Å². The molecule has 1 atom stereocenters. The van der Waals surface area contributed by atoms with Crippen LogP contribution in [-0.2, 0) is 12.0 Å². The Labute approximate surface area is 71.2 Å². The SMILES string of the molecule is Cc1cc2c(o1)C(N)(CO)CC2. The fourth-order valence-corrected chi connectivity index (χ4v) is 1.80. The van der Waals surface area contributed by atoms with Crippen molar-refractivity contribution in [3.8, 4) is 0 Å². The largest absolute Gasteiger partial charge is 0.464 e. The second kappa shape index (κ2) is 2.34. The monoisotopic (exact) mass is 167 g/mol. The average Bonchev–Trinajstić information content (AvgIpc) is 2.53. The molecule has 0 radical (unpaired) electrons. The maximum atomic E-state index is 9.10. The van der Waals surface area contributed by atoms with E-state index in [9.17, 15) is 0 Å². The second-order valence-corrected chi connectivity index (χ2v) is 3.53. The van der Waals surface area contributed by atoms with Crippen molar-refractivity contribution >= 4 is 0 Å². The zero-order valence-corrected chi connectivity index (χ0v) is 7.13. The molecule has 66 valence electrons. The first-order chi connectivity index (χ1) is 5.65. The van der Waals surface area contributed by atoms with Crippen LogP contribution in [0.15, 0.2) is 10.5 Å². The summed E-state index contributed by atoms with van der Waals surface area (Å²) in [6, 6.07) is 2.00. The van der Waals surface area contributed by atoms with E-state index in [4.69, 9.17) is 15.3 Å². The lowest BCUT2D eigenvalue weighted by atomic mass is 10.0. The molecule has 0 fully saturated rings. The van der Waals surface area contributed by atoms with Gasteiger partial charge in [0.25, 0.3) is 0 Å². The molecule has 1 aliphatic rings. The van der Waals surface area contributed by atoms with E-state index in [0.717, 1.165) is 29.9 Å². The molecule has 1 heterocycles. The van der Waals surface area contributed by atoms with Gasteiger partial charge in [-0.1, -0.05) is 0 Å². The van der Waals surface area contributed by atoms with Gasteiger partial charge in [-0.2, -0.15) is 0 Å². The van der Waals surface area contributed by atoms with Gasteiger partial charge in [0.2, 0.25) is 0 Å². The molecule has 3 nitrogen and oxygen atoms in total. The predicted molar refractivity (Wildman–Crippen MR) is 44.7 cm³/mol. The van der Waals surface area contributed by atoms with Gasteiger partial charge >= 0.3 is 0 Å². The fourth-order valence-electron chi connectivity index (χ4n) is 1.80. The van der Waals surface area contributed by atoms with E-state index in [1.807, 2.05) is 13.0 Å². The highest BCUT2D eigenvalue weighted by atomic mass is 16.3. The highest BCUT2D eigenvalue weighted by Crippen LogP contribution is 2.36. The van der Waals surface area contributed by atoms with Crippen LogP contribution in [0.3, 0.4) is 0 Å². The summed E-state index contributed by atoms with van der Waals surface area (Å²) in [7, 11) is 0. The van der Waals surface area contributed by atoms with E-state index >= 15 is 0 Å². The summed E-state index contributed by atoms with van der Waals surface area (Å²) in [5, 5.41) is 9.10. The van der Waals surface area contributed by atoms with Gasteiger partial charge in [0, 0.05) is 0 Å². The number of nitrogens with two attached hydrogens (primary N) is 1. The van der Waals surface area contributed by atoms with Crippen molar-refractivity contribution in [3.63, 3.8) is 0 Å². The Hall–Kier alpha value is -0.800. The van der Waals surface area contributed by atoms with E-state index in [2.05, 4.69) is 0 Å². The number of aryl methyl sites for hydroxylation is 2. The fraction of sp³-hybridized carbons (Fsp3) is 0.556. The Bertz CT molecular complexity index is 305. The summed E-state index contributed by atoms with van der Waals surface area (Å²) < 4.78 is 5.45. The zero-order chi connectivity index (χ0) is 8.77. The van der Waals surface area contributed by atoms with Crippen LogP contribution in [0.4, 0.5) is 0 Å². The maximum Gasteiger partial charge on any atom is 0.129 e. The van der Waals surface area contributed by atoms with Crippen LogP contribution in [0.1, 0.15) is 23.5 Å². The summed E-state index contributed by atoms with van der Waals surface area (Å²) >= 11 is 0. The Morgan fingerprint density at radius 3 is 3.17 bits per heavy atom. The normalized spacial score (nSPS) is 27.6. The number of aliphatic hydroxyl groups excluding tert-OH is 1. The lowest BCUT2D eigenvalue weighted by molar-refractivity contribution is 0.175. The highest BCUT2D eigenvalue weighted by Gasteiger charge is 2.38. The topological polar surface area (TPSA) is 59.4 Å². The molecule has 3 heteroatoms. The second-order valence-electron chi connectivity index (χ2n) is 3.53. The number of furan rings is 1. The molecule has 0 amide bonds. The van der Waals surface area contributed by atoms with Crippen molar-refractivity contribution in [2.24, 2.45) is 5.73 Å². The first kappa shape index (κ1) is 7.83. The summed E-state index contributed by atoms with van der Waals surface area (Å²) in [6.07, 6.45) is 1.71.